The van der Waals surface area contributed by atoms with Crippen molar-refractivity contribution in [3.63, 3.8) is 0 Å². The summed E-state index contributed by atoms with van der Waals surface area (Å²) in [6, 6.07) is 12.9. The Morgan fingerprint density at radius 2 is 1.90 bits per heavy atom. The highest BCUT2D eigenvalue weighted by molar-refractivity contribution is 5.96. The zero-order chi connectivity index (χ0) is 15.2. The van der Waals surface area contributed by atoms with Gasteiger partial charge in [0.1, 0.15) is 0 Å². The summed E-state index contributed by atoms with van der Waals surface area (Å²) in [4.78, 5) is 11.2. The van der Waals surface area contributed by atoms with Crippen molar-refractivity contribution >= 4 is 23.0 Å². The van der Waals surface area contributed by atoms with Gasteiger partial charge >= 0.3 is 5.97 Å². The molecule has 0 aliphatic heterocycles. The van der Waals surface area contributed by atoms with E-state index in [2.05, 4.69) is 24.4 Å². The van der Waals surface area contributed by atoms with Crippen LogP contribution in [0.15, 0.2) is 42.5 Å². The molecule has 2 rings (SSSR count). The van der Waals surface area contributed by atoms with Gasteiger partial charge in [0.25, 0.3) is 0 Å². The van der Waals surface area contributed by atoms with Crippen molar-refractivity contribution < 1.29 is 9.90 Å². The molecule has 0 spiro atoms. The van der Waals surface area contributed by atoms with E-state index in [0.717, 1.165) is 12.1 Å². The molecule has 0 aromatic heterocycles. The number of aryl methyl sites for hydroxylation is 1. The van der Waals surface area contributed by atoms with Crippen LogP contribution in [-0.2, 0) is 6.42 Å². The highest BCUT2D eigenvalue weighted by Gasteiger charge is 2.10. The lowest BCUT2D eigenvalue weighted by molar-refractivity contribution is 0.0698. The third-order valence-corrected chi connectivity index (χ3v) is 3.33. The maximum atomic E-state index is 11.2. The minimum absolute atomic E-state index is 0.171. The van der Waals surface area contributed by atoms with Crippen LogP contribution in [0.1, 0.15) is 35.7 Å². The molecule has 0 aliphatic carbocycles. The van der Waals surface area contributed by atoms with Gasteiger partial charge in [0.05, 0.1) is 11.3 Å². The molecule has 0 amide bonds. The molecule has 0 unspecified atom stereocenters. The predicted molar refractivity (Wildman–Crippen MR) is 86.2 cm³/mol. The summed E-state index contributed by atoms with van der Waals surface area (Å²) in [5.41, 5.74) is 8.94. The van der Waals surface area contributed by atoms with Crippen LogP contribution in [0, 0.1) is 0 Å². The van der Waals surface area contributed by atoms with Crippen molar-refractivity contribution in [1.82, 2.24) is 0 Å². The first kappa shape index (κ1) is 14.9. The molecule has 0 aliphatic rings. The van der Waals surface area contributed by atoms with E-state index >= 15 is 0 Å². The number of carboxylic acid groups (broad SMARTS) is 1. The van der Waals surface area contributed by atoms with Crippen LogP contribution in [0.2, 0.25) is 0 Å². The van der Waals surface area contributed by atoms with Crippen LogP contribution >= 0.6 is 0 Å². The number of unbranched alkanes of at least 4 members (excludes halogenated alkanes) is 1. The van der Waals surface area contributed by atoms with Gasteiger partial charge in [-0.3, -0.25) is 0 Å². The lowest BCUT2D eigenvalue weighted by Gasteiger charge is -2.11. The number of nitrogens with one attached hydrogen (secondary N) is 1. The van der Waals surface area contributed by atoms with Crippen LogP contribution in [0.5, 0.6) is 0 Å². The molecule has 0 fully saturated rings. The van der Waals surface area contributed by atoms with E-state index < -0.39 is 5.97 Å². The van der Waals surface area contributed by atoms with Gasteiger partial charge in [0.2, 0.25) is 0 Å². The van der Waals surface area contributed by atoms with E-state index in [4.69, 9.17) is 5.73 Å². The van der Waals surface area contributed by atoms with Gasteiger partial charge in [-0.2, -0.15) is 0 Å². The van der Waals surface area contributed by atoms with Gasteiger partial charge < -0.3 is 16.2 Å². The molecular weight excluding hydrogens is 264 g/mol. The molecule has 4 heteroatoms. The number of carboxylic acids is 1. The molecule has 4 N–H and O–H groups in total. The number of rotatable bonds is 6. The highest BCUT2D eigenvalue weighted by Crippen LogP contribution is 2.23. The Labute approximate surface area is 124 Å². The van der Waals surface area contributed by atoms with Crippen LogP contribution in [0.4, 0.5) is 17.1 Å². The van der Waals surface area contributed by atoms with Gasteiger partial charge in [-0.1, -0.05) is 25.5 Å². The van der Waals surface area contributed by atoms with Crippen molar-refractivity contribution in [2.24, 2.45) is 0 Å². The molecule has 0 saturated carbocycles. The molecule has 2 aromatic carbocycles. The van der Waals surface area contributed by atoms with E-state index in [1.54, 1.807) is 12.1 Å². The summed E-state index contributed by atoms with van der Waals surface area (Å²) in [5, 5.41) is 12.3. The third kappa shape index (κ3) is 3.99. The Morgan fingerprint density at radius 3 is 2.52 bits per heavy atom. The molecule has 0 heterocycles. The number of nitrogen functional groups attached to an aromatic ring is 1. The topological polar surface area (TPSA) is 75.3 Å². The molecular formula is C17H20N2O2. The van der Waals surface area contributed by atoms with Crippen LogP contribution in [0.25, 0.3) is 0 Å². The van der Waals surface area contributed by atoms with Gasteiger partial charge in [-0.15, -0.1) is 0 Å². The Balaban J connectivity index is 2.16. The molecule has 0 radical (unpaired) electrons. The number of nitrogens with two attached hydrogens (primary N) is 1. The summed E-state index contributed by atoms with van der Waals surface area (Å²) < 4.78 is 0. The second kappa shape index (κ2) is 6.79. The smallest absolute Gasteiger partial charge is 0.337 e. The standard InChI is InChI=1S/C17H20N2O2/c1-2-3-4-12-5-8-14(9-6-12)19-16-10-7-13(18)11-15(16)17(20)21/h5-11,19H,2-4,18H2,1H3,(H,20,21). The largest absolute Gasteiger partial charge is 0.478 e. The molecule has 0 bridgehead atoms. The second-order valence-corrected chi connectivity index (χ2v) is 5.04. The number of hydrogen-bond donors (Lipinski definition) is 3. The molecule has 0 saturated heterocycles. The lowest BCUT2D eigenvalue weighted by atomic mass is 10.1. The average molecular weight is 284 g/mol. The molecule has 21 heavy (non-hydrogen) atoms. The predicted octanol–water partition coefficient (Wildman–Crippen LogP) is 4.05. The average Bonchev–Trinajstić information content (AvgIpc) is 2.48. The van der Waals surface area contributed by atoms with Crippen molar-refractivity contribution in [2.75, 3.05) is 11.1 Å². The normalized spacial score (nSPS) is 10.3. The minimum Gasteiger partial charge on any atom is -0.478 e. The van der Waals surface area contributed by atoms with Crippen molar-refractivity contribution in [3.8, 4) is 0 Å². The lowest BCUT2D eigenvalue weighted by Crippen LogP contribution is -2.04. The SMILES string of the molecule is CCCCc1ccc(Nc2ccc(N)cc2C(=O)O)cc1. The molecule has 4 nitrogen and oxygen atoms in total. The Kier molecular flexibility index (Phi) is 4.82. The summed E-state index contributed by atoms with van der Waals surface area (Å²) in [7, 11) is 0. The van der Waals surface area contributed by atoms with Gasteiger partial charge in [0, 0.05) is 11.4 Å². The van der Waals surface area contributed by atoms with Crippen LogP contribution in [-0.4, -0.2) is 11.1 Å². The number of aromatic carboxylic acids is 1. The first-order valence-corrected chi connectivity index (χ1v) is 7.09. The zero-order valence-electron chi connectivity index (χ0n) is 12.1. The maximum Gasteiger partial charge on any atom is 0.337 e. The summed E-state index contributed by atoms with van der Waals surface area (Å²) >= 11 is 0. The Bertz CT molecular complexity index is 621. The summed E-state index contributed by atoms with van der Waals surface area (Å²) in [6.07, 6.45) is 3.42. The Hall–Kier alpha value is -2.49. The van der Waals surface area contributed by atoms with Gasteiger partial charge in [0.15, 0.2) is 0 Å². The van der Waals surface area contributed by atoms with E-state index in [1.807, 2.05) is 12.1 Å². The van der Waals surface area contributed by atoms with Crippen molar-refractivity contribution in [1.29, 1.82) is 0 Å². The number of carbonyl (C=O) groups is 1. The zero-order valence-corrected chi connectivity index (χ0v) is 12.1. The summed E-state index contributed by atoms with van der Waals surface area (Å²) in [6.45, 7) is 2.17. The quantitative estimate of drug-likeness (QED) is 0.699. The summed E-state index contributed by atoms with van der Waals surface area (Å²) in [5.74, 6) is -0.996. The van der Waals surface area contributed by atoms with E-state index in [9.17, 15) is 9.90 Å². The van der Waals surface area contributed by atoms with Crippen molar-refractivity contribution in [2.45, 2.75) is 26.2 Å². The monoisotopic (exact) mass is 284 g/mol. The van der Waals surface area contributed by atoms with Crippen LogP contribution in [0.3, 0.4) is 0 Å². The molecule has 110 valence electrons. The number of benzene rings is 2. The molecule has 2 aromatic rings. The first-order chi connectivity index (χ1) is 10.1. The van der Waals surface area contributed by atoms with E-state index in [0.29, 0.717) is 11.4 Å². The maximum absolute atomic E-state index is 11.2. The van der Waals surface area contributed by atoms with E-state index in [1.165, 1.54) is 24.5 Å². The van der Waals surface area contributed by atoms with Gasteiger partial charge in [-0.25, -0.2) is 4.79 Å². The third-order valence-electron chi connectivity index (χ3n) is 3.33. The fourth-order valence-corrected chi connectivity index (χ4v) is 2.14. The van der Waals surface area contributed by atoms with Crippen molar-refractivity contribution in [3.05, 3.63) is 53.6 Å². The number of hydrogen-bond acceptors (Lipinski definition) is 3. The highest BCUT2D eigenvalue weighted by atomic mass is 16.4. The fraction of sp³-hybridized carbons (Fsp3) is 0.235. The second-order valence-electron chi connectivity index (χ2n) is 5.04. The molecule has 0 atom stereocenters. The number of anilines is 3. The fourth-order valence-electron chi connectivity index (χ4n) is 2.14. The first-order valence-electron chi connectivity index (χ1n) is 7.09. The van der Waals surface area contributed by atoms with Gasteiger partial charge in [-0.05, 0) is 48.7 Å². The minimum atomic E-state index is -0.996. The Morgan fingerprint density at radius 1 is 1.19 bits per heavy atom. The van der Waals surface area contributed by atoms with Crippen LogP contribution < -0.4 is 11.1 Å². The van der Waals surface area contributed by atoms with E-state index in [-0.39, 0.29) is 5.56 Å².